The number of hydrogen-bond acceptors (Lipinski definition) is 6. The molecule has 9 heteroatoms. The molecule has 0 radical (unpaired) electrons. The summed E-state index contributed by atoms with van der Waals surface area (Å²) in [5.41, 5.74) is 0.885. The largest absolute Gasteiger partial charge is 0.353 e. The maximum Gasteiger partial charge on any atom is 0.325 e. The Hall–Kier alpha value is -2.75. The van der Waals surface area contributed by atoms with Crippen molar-refractivity contribution < 1.29 is 14.4 Å². The number of fused-ring (bicyclic) bond motifs is 2. The van der Waals surface area contributed by atoms with Gasteiger partial charge in [-0.15, -0.1) is 11.3 Å². The molecule has 2 aromatic rings. The average Bonchev–Trinajstić information content (AvgIpc) is 3.52. The van der Waals surface area contributed by atoms with Gasteiger partial charge in [-0.2, -0.15) is 0 Å². The van der Waals surface area contributed by atoms with Crippen molar-refractivity contribution in [2.45, 2.75) is 24.4 Å². The zero-order chi connectivity index (χ0) is 23.0. The van der Waals surface area contributed by atoms with Crippen molar-refractivity contribution in [2.75, 3.05) is 46.3 Å². The van der Waals surface area contributed by atoms with Gasteiger partial charge >= 0.3 is 6.03 Å². The van der Waals surface area contributed by atoms with E-state index in [-0.39, 0.29) is 24.4 Å². The predicted molar refractivity (Wildman–Crippen MR) is 126 cm³/mol. The van der Waals surface area contributed by atoms with Crippen LogP contribution in [0.25, 0.3) is 0 Å². The number of carbonyl (C=O) groups is 3. The van der Waals surface area contributed by atoms with E-state index in [4.69, 9.17) is 0 Å². The molecule has 2 aliphatic heterocycles. The van der Waals surface area contributed by atoms with Crippen molar-refractivity contribution in [1.82, 2.24) is 25.3 Å². The summed E-state index contributed by atoms with van der Waals surface area (Å²) in [6.07, 6.45) is 1.26. The molecule has 3 heterocycles. The first-order chi connectivity index (χ1) is 16.0. The van der Waals surface area contributed by atoms with E-state index in [1.165, 1.54) is 4.88 Å². The Morgan fingerprint density at radius 2 is 1.94 bits per heavy atom. The molecule has 2 fully saturated rings. The van der Waals surface area contributed by atoms with Gasteiger partial charge in [0, 0.05) is 37.6 Å². The van der Waals surface area contributed by atoms with Gasteiger partial charge in [0.25, 0.3) is 5.91 Å². The molecule has 33 heavy (non-hydrogen) atoms. The van der Waals surface area contributed by atoms with Crippen molar-refractivity contribution in [1.29, 1.82) is 0 Å². The lowest BCUT2D eigenvalue weighted by Gasteiger charge is -2.37. The highest BCUT2D eigenvalue weighted by molar-refractivity contribution is 7.10. The molecular formula is C24H29N5O3S. The number of urea groups is 1. The minimum absolute atomic E-state index is 0.0822. The smallest absolute Gasteiger partial charge is 0.325 e. The number of carbonyl (C=O) groups excluding carboxylic acids is 3. The Kier molecular flexibility index (Phi) is 5.94. The van der Waals surface area contributed by atoms with Crippen LogP contribution < -0.4 is 10.6 Å². The second kappa shape index (κ2) is 8.89. The normalized spacial score (nSPS) is 24.2. The number of rotatable bonds is 6. The molecule has 4 amide bonds. The fourth-order valence-corrected chi connectivity index (χ4v) is 6.03. The third-order valence-corrected chi connectivity index (χ3v) is 8.04. The summed E-state index contributed by atoms with van der Waals surface area (Å²) in [5, 5.41) is 7.91. The first-order valence-corrected chi connectivity index (χ1v) is 12.3. The number of imide groups is 1. The van der Waals surface area contributed by atoms with Crippen molar-refractivity contribution >= 4 is 29.2 Å². The van der Waals surface area contributed by atoms with Crippen LogP contribution in [0.3, 0.4) is 0 Å². The van der Waals surface area contributed by atoms with E-state index < -0.39 is 11.6 Å². The zero-order valence-corrected chi connectivity index (χ0v) is 19.6. The van der Waals surface area contributed by atoms with Gasteiger partial charge in [-0.25, -0.2) is 4.79 Å². The number of piperazine rings is 1. The summed E-state index contributed by atoms with van der Waals surface area (Å²) in [4.78, 5) is 45.8. The van der Waals surface area contributed by atoms with Gasteiger partial charge in [-0.1, -0.05) is 30.3 Å². The second-order valence-electron chi connectivity index (χ2n) is 9.06. The summed E-state index contributed by atoms with van der Waals surface area (Å²) in [5.74, 6) is -0.654. The van der Waals surface area contributed by atoms with Crippen LogP contribution in [0.5, 0.6) is 0 Å². The van der Waals surface area contributed by atoms with Gasteiger partial charge < -0.3 is 15.5 Å². The molecule has 0 unspecified atom stereocenters. The van der Waals surface area contributed by atoms with Crippen LogP contribution in [0.2, 0.25) is 0 Å². The number of thiophene rings is 1. The number of nitrogens with zero attached hydrogens (tertiary/aromatic N) is 3. The SMILES string of the molecule is CN1CCN([C@H](CNC(=O)CN2C(=O)N[C@@]3(CCc4ccccc43)C2=O)c2cccs2)CC1. The van der Waals surface area contributed by atoms with Crippen molar-refractivity contribution in [3.8, 4) is 0 Å². The van der Waals surface area contributed by atoms with Crippen LogP contribution >= 0.6 is 11.3 Å². The fraction of sp³-hybridized carbons (Fsp3) is 0.458. The van der Waals surface area contributed by atoms with E-state index in [0.717, 1.165) is 48.6 Å². The van der Waals surface area contributed by atoms with E-state index in [2.05, 4.69) is 33.5 Å². The van der Waals surface area contributed by atoms with E-state index >= 15 is 0 Å². The topological polar surface area (TPSA) is 85.0 Å². The molecule has 1 aromatic carbocycles. The Morgan fingerprint density at radius 1 is 1.15 bits per heavy atom. The lowest BCUT2D eigenvalue weighted by Crippen LogP contribution is -2.49. The summed E-state index contributed by atoms with van der Waals surface area (Å²) in [7, 11) is 2.12. The summed E-state index contributed by atoms with van der Waals surface area (Å²) < 4.78 is 0. The summed E-state index contributed by atoms with van der Waals surface area (Å²) in [6.45, 7) is 4.02. The molecule has 5 rings (SSSR count). The number of amides is 4. The van der Waals surface area contributed by atoms with E-state index in [1.54, 1.807) is 11.3 Å². The number of benzene rings is 1. The maximum atomic E-state index is 13.3. The van der Waals surface area contributed by atoms with Gasteiger partial charge in [0.1, 0.15) is 12.1 Å². The molecule has 8 nitrogen and oxygen atoms in total. The Labute approximate surface area is 197 Å². The van der Waals surface area contributed by atoms with E-state index in [0.29, 0.717) is 13.0 Å². The van der Waals surface area contributed by atoms with Gasteiger partial charge in [-0.05, 0) is 42.5 Å². The second-order valence-corrected chi connectivity index (χ2v) is 10.0. The minimum Gasteiger partial charge on any atom is -0.353 e. The molecule has 0 bridgehead atoms. The first-order valence-electron chi connectivity index (χ1n) is 11.4. The molecule has 0 saturated carbocycles. The number of hydrogen-bond donors (Lipinski definition) is 2. The highest BCUT2D eigenvalue weighted by Gasteiger charge is 2.55. The lowest BCUT2D eigenvalue weighted by atomic mass is 9.92. The van der Waals surface area contributed by atoms with Crippen molar-refractivity contribution in [3.05, 3.63) is 57.8 Å². The van der Waals surface area contributed by atoms with Crippen LogP contribution in [0.4, 0.5) is 4.79 Å². The maximum absolute atomic E-state index is 13.3. The molecule has 2 N–H and O–H groups in total. The van der Waals surface area contributed by atoms with E-state index in [1.807, 2.05) is 35.7 Å². The number of nitrogens with one attached hydrogen (secondary N) is 2. The summed E-state index contributed by atoms with van der Waals surface area (Å²) >= 11 is 1.68. The molecule has 2 saturated heterocycles. The average molecular weight is 468 g/mol. The van der Waals surface area contributed by atoms with Gasteiger partial charge in [0.2, 0.25) is 5.91 Å². The lowest BCUT2D eigenvalue weighted by molar-refractivity contribution is -0.135. The quantitative estimate of drug-likeness (QED) is 0.630. The van der Waals surface area contributed by atoms with Crippen LogP contribution in [-0.2, 0) is 21.5 Å². The Morgan fingerprint density at radius 3 is 2.70 bits per heavy atom. The van der Waals surface area contributed by atoms with Crippen LogP contribution in [0, 0.1) is 0 Å². The minimum atomic E-state index is -1.03. The highest BCUT2D eigenvalue weighted by atomic mass is 32.1. The molecular weight excluding hydrogens is 438 g/mol. The number of aryl methyl sites for hydroxylation is 1. The van der Waals surface area contributed by atoms with Crippen LogP contribution in [-0.4, -0.2) is 78.9 Å². The Bertz CT molecular complexity index is 1050. The number of likely N-dealkylation sites (N-methyl/N-ethyl adjacent to an activating group) is 1. The van der Waals surface area contributed by atoms with Gasteiger partial charge in [-0.3, -0.25) is 19.4 Å². The van der Waals surface area contributed by atoms with Gasteiger partial charge in [0.15, 0.2) is 0 Å². The fourth-order valence-electron chi connectivity index (χ4n) is 5.17. The molecule has 174 valence electrons. The molecule has 2 atom stereocenters. The molecule has 1 spiro atoms. The third-order valence-electron chi connectivity index (χ3n) is 7.07. The van der Waals surface area contributed by atoms with Crippen molar-refractivity contribution in [2.24, 2.45) is 0 Å². The molecule has 3 aliphatic rings. The molecule has 1 aliphatic carbocycles. The van der Waals surface area contributed by atoms with Crippen molar-refractivity contribution in [3.63, 3.8) is 0 Å². The monoisotopic (exact) mass is 467 g/mol. The van der Waals surface area contributed by atoms with E-state index in [9.17, 15) is 14.4 Å². The third kappa shape index (κ3) is 4.05. The predicted octanol–water partition coefficient (Wildman–Crippen LogP) is 1.55. The molecule has 1 aromatic heterocycles. The standard InChI is InChI=1S/C24H29N5O3S/c1-27-10-12-28(13-11-27)19(20-7-4-14-33-20)15-25-21(30)16-29-22(31)24(26-23(29)32)9-8-17-5-2-3-6-18(17)24/h2-7,14,19H,8-13,15-16H2,1H3,(H,25,30)(H,26,32)/t19-,24-/m1/s1. The summed E-state index contributed by atoms with van der Waals surface area (Å²) in [6, 6.07) is 11.4. The zero-order valence-electron chi connectivity index (χ0n) is 18.8. The first kappa shape index (κ1) is 22.1. The van der Waals surface area contributed by atoms with Crippen LogP contribution in [0.15, 0.2) is 41.8 Å². The highest BCUT2D eigenvalue weighted by Crippen LogP contribution is 2.41. The van der Waals surface area contributed by atoms with Crippen LogP contribution in [0.1, 0.15) is 28.5 Å². The Balaban J connectivity index is 1.24. The van der Waals surface area contributed by atoms with Gasteiger partial charge in [0.05, 0.1) is 6.04 Å².